The number of carbonyl (C=O) groups is 1. The fraction of sp³-hybridized carbons (Fsp3) is 0.938. The molecule has 1 unspecified atom stereocenters. The molecule has 0 heterocycles. The molecule has 4 heteroatoms. The highest BCUT2D eigenvalue weighted by atomic mass is 16.1. The number of nitrogens with zero attached hydrogens (tertiary/aromatic N) is 1. The highest BCUT2D eigenvalue weighted by Gasteiger charge is 2.29. The van der Waals surface area contributed by atoms with Crippen molar-refractivity contribution in [2.75, 3.05) is 26.2 Å². The minimum atomic E-state index is -0.542. The molecule has 20 heavy (non-hydrogen) atoms. The topological polar surface area (TPSA) is 58.4 Å². The molecule has 3 N–H and O–H groups in total. The fourth-order valence-corrected chi connectivity index (χ4v) is 2.92. The van der Waals surface area contributed by atoms with E-state index in [2.05, 4.69) is 17.1 Å². The average molecular weight is 283 g/mol. The van der Waals surface area contributed by atoms with Crippen LogP contribution in [0.5, 0.6) is 0 Å². The number of hydrogen-bond donors (Lipinski definition) is 2. The molecule has 1 amide bonds. The van der Waals surface area contributed by atoms with Gasteiger partial charge in [0.05, 0.1) is 5.54 Å². The van der Waals surface area contributed by atoms with Crippen molar-refractivity contribution in [3.63, 3.8) is 0 Å². The zero-order chi connectivity index (χ0) is 15.0. The van der Waals surface area contributed by atoms with Crippen LogP contribution in [0.25, 0.3) is 0 Å². The van der Waals surface area contributed by atoms with Crippen LogP contribution in [0.4, 0.5) is 0 Å². The maximum atomic E-state index is 11.5. The number of unbranched alkanes of at least 4 members (excludes halogenated alkanes) is 1. The van der Waals surface area contributed by atoms with Gasteiger partial charge < -0.3 is 16.0 Å². The molecule has 1 rings (SSSR count). The van der Waals surface area contributed by atoms with E-state index in [4.69, 9.17) is 5.73 Å². The number of rotatable bonds is 11. The monoisotopic (exact) mass is 283 g/mol. The molecular weight excluding hydrogens is 250 g/mol. The van der Waals surface area contributed by atoms with E-state index in [0.29, 0.717) is 0 Å². The number of nitrogens with two attached hydrogens (primary N) is 1. The van der Waals surface area contributed by atoms with Crippen molar-refractivity contribution in [1.82, 2.24) is 10.2 Å². The van der Waals surface area contributed by atoms with Gasteiger partial charge in [-0.3, -0.25) is 4.79 Å². The van der Waals surface area contributed by atoms with Crippen molar-refractivity contribution in [2.45, 2.75) is 64.8 Å². The summed E-state index contributed by atoms with van der Waals surface area (Å²) in [5.74, 6) is 0.703. The molecule has 1 atom stereocenters. The lowest BCUT2D eigenvalue weighted by molar-refractivity contribution is -0.124. The fourth-order valence-electron chi connectivity index (χ4n) is 2.92. The van der Waals surface area contributed by atoms with Crippen LogP contribution in [-0.4, -0.2) is 42.5 Å². The largest absolute Gasteiger partial charge is 0.368 e. The standard InChI is InChI=1S/C16H33N3O/c1-4-18-16(3,15(17)20)11-6-7-12-19(5-2)13-14-9-8-10-14/h14,18H,4-13H2,1-3H3,(H2,17,20). The molecule has 0 saturated heterocycles. The second-order valence-corrected chi connectivity index (χ2v) is 6.37. The summed E-state index contributed by atoms with van der Waals surface area (Å²) in [6.45, 7) is 10.5. The van der Waals surface area contributed by atoms with Crippen LogP contribution in [0, 0.1) is 5.92 Å². The molecule has 0 aliphatic heterocycles. The predicted octanol–water partition coefficient (Wildman–Crippen LogP) is 2.13. The minimum Gasteiger partial charge on any atom is -0.368 e. The van der Waals surface area contributed by atoms with Gasteiger partial charge in [-0.15, -0.1) is 0 Å². The van der Waals surface area contributed by atoms with Gasteiger partial charge in [0, 0.05) is 6.54 Å². The number of nitrogens with one attached hydrogen (secondary N) is 1. The zero-order valence-corrected chi connectivity index (χ0v) is 13.6. The van der Waals surface area contributed by atoms with Gasteiger partial charge in [0.2, 0.25) is 5.91 Å². The Bertz CT molecular complexity index is 291. The van der Waals surface area contributed by atoms with Crippen molar-refractivity contribution >= 4 is 5.91 Å². The maximum Gasteiger partial charge on any atom is 0.237 e. The molecule has 1 saturated carbocycles. The van der Waals surface area contributed by atoms with Crippen molar-refractivity contribution in [1.29, 1.82) is 0 Å². The molecule has 1 aliphatic rings. The first-order chi connectivity index (χ1) is 9.51. The minimum absolute atomic E-state index is 0.235. The number of primary amides is 1. The molecular formula is C16H33N3O. The summed E-state index contributed by atoms with van der Waals surface area (Å²) in [6.07, 6.45) is 7.27. The van der Waals surface area contributed by atoms with Crippen LogP contribution in [0.3, 0.4) is 0 Å². The molecule has 0 radical (unpaired) electrons. The van der Waals surface area contributed by atoms with E-state index in [1.807, 2.05) is 13.8 Å². The Labute approximate surface area is 124 Å². The van der Waals surface area contributed by atoms with Gasteiger partial charge in [-0.05, 0) is 64.6 Å². The van der Waals surface area contributed by atoms with Crippen molar-refractivity contribution in [3.05, 3.63) is 0 Å². The normalized spacial score (nSPS) is 18.8. The Balaban J connectivity index is 2.22. The summed E-state index contributed by atoms with van der Waals surface area (Å²) < 4.78 is 0. The van der Waals surface area contributed by atoms with Gasteiger partial charge in [-0.2, -0.15) is 0 Å². The highest BCUT2D eigenvalue weighted by Crippen LogP contribution is 2.27. The van der Waals surface area contributed by atoms with Crippen LogP contribution < -0.4 is 11.1 Å². The third-order valence-corrected chi connectivity index (χ3v) is 4.70. The van der Waals surface area contributed by atoms with Crippen LogP contribution >= 0.6 is 0 Å². The number of hydrogen-bond acceptors (Lipinski definition) is 3. The second kappa shape index (κ2) is 8.63. The van der Waals surface area contributed by atoms with E-state index in [-0.39, 0.29) is 5.91 Å². The quantitative estimate of drug-likeness (QED) is 0.571. The van der Waals surface area contributed by atoms with E-state index in [0.717, 1.165) is 44.8 Å². The van der Waals surface area contributed by atoms with E-state index in [1.54, 1.807) is 0 Å². The van der Waals surface area contributed by atoms with Crippen LogP contribution in [0.1, 0.15) is 59.3 Å². The van der Waals surface area contributed by atoms with Crippen molar-refractivity contribution in [2.24, 2.45) is 11.7 Å². The molecule has 0 bridgehead atoms. The Morgan fingerprint density at radius 1 is 1.35 bits per heavy atom. The Morgan fingerprint density at radius 3 is 2.50 bits per heavy atom. The van der Waals surface area contributed by atoms with Crippen molar-refractivity contribution in [3.8, 4) is 0 Å². The summed E-state index contributed by atoms with van der Waals surface area (Å²) in [7, 11) is 0. The summed E-state index contributed by atoms with van der Waals surface area (Å²) in [4.78, 5) is 14.1. The number of likely N-dealkylation sites (N-methyl/N-ethyl adjacent to an activating group) is 1. The van der Waals surface area contributed by atoms with Gasteiger partial charge in [0.1, 0.15) is 0 Å². The summed E-state index contributed by atoms with van der Waals surface area (Å²) >= 11 is 0. The van der Waals surface area contributed by atoms with Gasteiger partial charge in [0.25, 0.3) is 0 Å². The molecule has 4 nitrogen and oxygen atoms in total. The summed E-state index contributed by atoms with van der Waals surface area (Å²) in [6, 6.07) is 0. The predicted molar refractivity (Wildman–Crippen MR) is 84.6 cm³/mol. The van der Waals surface area contributed by atoms with Crippen LogP contribution in [0.2, 0.25) is 0 Å². The molecule has 0 spiro atoms. The van der Waals surface area contributed by atoms with Gasteiger partial charge >= 0.3 is 0 Å². The molecule has 1 fully saturated rings. The SMILES string of the molecule is CCNC(C)(CCCCN(CC)CC1CCC1)C(N)=O. The Morgan fingerprint density at radius 2 is 2.05 bits per heavy atom. The lowest BCUT2D eigenvalue weighted by atomic mass is 9.85. The first-order valence-electron chi connectivity index (χ1n) is 8.29. The molecule has 0 aromatic carbocycles. The van der Waals surface area contributed by atoms with E-state index in [1.165, 1.54) is 25.8 Å². The first-order valence-corrected chi connectivity index (χ1v) is 8.29. The number of amides is 1. The van der Waals surface area contributed by atoms with E-state index in [9.17, 15) is 4.79 Å². The number of carbonyl (C=O) groups excluding carboxylic acids is 1. The van der Waals surface area contributed by atoms with Gasteiger partial charge in [-0.25, -0.2) is 0 Å². The molecule has 0 aromatic heterocycles. The highest BCUT2D eigenvalue weighted by molar-refractivity contribution is 5.84. The van der Waals surface area contributed by atoms with Gasteiger partial charge in [-0.1, -0.05) is 20.3 Å². The third kappa shape index (κ3) is 5.41. The Kier molecular flexibility index (Phi) is 7.52. The first kappa shape index (κ1) is 17.4. The summed E-state index contributed by atoms with van der Waals surface area (Å²) in [5, 5.41) is 3.22. The van der Waals surface area contributed by atoms with Crippen molar-refractivity contribution < 1.29 is 4.79 Å². The molecule has 118 valence electrons. The zero-order valence-electron chi connectivity index (χ0n) is 13.6. The van der Waals surface area contributed by atoms with Crippen LogP contribution in [0.15, 0.2) is 0 Å². The molecule has 0 aromatic rings. The molecule has 1 aliphatic carbocycles. The Hall–Kier alpha value is -0.610. The maximum absolute atomic E-state index is 11.5. The van der Waals surface area contributed by atoms with Crippen LogP contribution in [-0.2, 0) is 4.79 Å². The lowest BCUT2D eigenvalue weighted by Gasteiger charge is -2.32. The van der Waals surface area contributed by atoms with E-state index >= 15 is 0 Å². The van der Waals surface area contributed by atoms with Gasteiger partial charge in [0.15, 0.2) is 0 Å². The van der Waals surface area contributed by atoms with E-state index < -0.39 is 5.54 Å². The lowest BCUT2D eigenvalue weighted by Crippen LogP contribution is -2.53. The second-order valence-electron chi connectivity index (χ2n) is 6.37. The average Bonchev–Trinajstić information content (AvgIpc) is 2.36. The smallest absolute Gasteiger partial charge is 0.237 e. The third-order valence-electron chi connectivity index (χ3n) is 4.70. The summed E-state index contributed by atoms with van der Waals surface area (Å²) in [5.41, 5.74) is 4.96.